The van der Waals surface area contributed by atoms with E-state index in [1.165, 1.54) is 6.21 Å². The van der Waals surface area contributed by atoms with Crippen LogP contribution in [-0.2, 0) is 0 Å². The first kappa shape index (κ1) is 14.0. The highest BCUT2D eigenvalue weighted by Crippen LogP contribution is 2.21. The Labute approximate surface area is 103 Å². The molecule has 0 fully saturated rings. The fourth-order valence-corrected chi connectivity index (χ4v) is 1.29. The molecule has 3 N–H and O–H groups in total. The molecule has 0 spiro atoms. The second-order valence-electron chi connectivity index (χ2n) is 2.37. The Morgan fingerprint density at radius 1 is 1.40 bits per heavy atom. The van der Waals surface area contributed by atoms with E-state index in [2.05, 4.69) is 5.10 Å². The molecular weight excluding hydrogens is 260 g/mol. The molecule has 0 aliphatic carbocycles. The van der Waals surface area contributed by atoms with Crippen molar-refractivity contribution in [2.45, 2.75) is 0 Å². The zero-order valence-electron chi connectivity index (χ0n) is 7.41. The first-order chi connectivity index (χ1) is 6.61. The third-order valence-corrected chi connectivity index (χ3v) is 2.03. The van der Waals surface area contributed by atoms with E-state index < -0.39 is 6.03 Å². The molecule has 1 aromatic rings. The number of rotatable bonds is 2. The van der Waals surface area contributed by atoms with E-state index in [1.54, 1.807) is 18.2 Å². The van der Waals surface area contributed by atoms with Gasteiger partial charge in [0.2, 0.25) is 0 Å². The van der Waals surface area contributed by atoms with Crippen LogP contribution in [0, 0.1) is 0 Å². The lowest BCUT2D eigenvalue weighted by Crippen LogP contribution is -2.24. The van der Waals surface area contributed by atoms with Crippen LogP contribution in [0.1, 0.15) is 5.56 Å². The Hall–Kier alpha value is -0.970. The van der Waals surface area contributed by atoms with Crippen LogP contribution in [0.25, 0.3) is 0 Å². The topological polar surface area (TPSA) is 67.5 Å². The van der Waals surface area contributed by atoms with Crippen LogP contribution in [0.2, 0.25) is 10.0 Å². The highest BCUT2D eigenvalue weighted by atomic mass is 35.5. The Balaban J connectivity index is 0.00000196. The molecule has 0 saturated carbocycles. The number of benzene rings is 1. The molecule has 1 aromatic carbocycles. The first-order valence-corrected chi connectivity index (χ1v) is 4.39. The van der Waals surface area contributed by atoms with Gasteiger partial charge in [0.05, 0.1) is 16.3 Å². The average Bonchev–Trinajstić information content (AvgIpc) is 2.09. The van der Waals surface area contributed by atoms with Crippen molar-refractivity contribution < 1.29 is 4.79 Å². The van der Waals surface area contributed by atoms with E-state index in [9.17, 15) is 4.79 Å². The first-order valence-electron chi connectivity index (χ1n) is 3.64. The van der Waals surface area contributed by atoms with Gasteiger partial charge in [-0.15, -0.1) is 12.4 Å². The summed E-state index contributed by atoms with van der Waals surface area (Å²) in [5.74, 6) is 0. The van der Waals surface area contributed by atoms with Gasteiger partial charge in [-0.3, -0.25) is 0 Å². The number of hydrogen-bond acceptors (Lipinski definition) is 2. The number of halogens is 3. The SMILES string of the molecule is Cl.NC(=O)N/N=C/c1c(Cl)cccc1Cl. The number of urea groups is 1. The summed E-state index contributed by atoms with van der Waals surface area (Å²) in [6.45, 7) is 0. The van der Waals surface area contributed by atoms with E-state index in [-0.39, 0.29) is 12.4 Å². The van der Waals surface area contributed by atoms with Gasteiger partial charge in [-0.2, -0.15) is 5.10 Å². The molecule has 0 saturated heterocycles. The van der Waals surface area contributed by atoms with Crippen molar-refractivity contribution in [3.05, 3.63) is 33.8 Å². The molecule has 0 radical (unpaired) electrons. The maximum absolute atomic E-state index is 10.3. The molecule has 7 heteroatoms. The van der Waals surface area contributed by atoms with Gasteiger partial charge in [0.1, 0.15) is 0 Å². The summed E-state index contributed by atoms with van der Waals surface area (Å²) in [6.07, 6.45) is 1.33. The van der Waals surface area contributed by atoms with E-state index in [1.807, 2.05) is 5.43 Å². The predicted octanol–water partition coefficient (Wildman–Crippen LogP) is 2.42. The molecule has 1 rings (SSSR count). The average molecular weight is 269 g/mol. The highest BCUT2D eigenvalue weighted by molar-refractivity contribution is 6.38. The minimum Gasteiger partial charge on any atom is -0.350 e. The highest BCUT2D eigenvalue weighted by Gasteiger charge is 2.01. The van der Waals surface area contributed by atoms with Crippen LogP contribution >= 0.6 is 35.6 Å². The number of nitrogens with zero attached hydrogens (tertiary/aromatic N) is 1. The van der Waals surface area contributed by atoms with Gasteiger partial charge in [-0.1, -0.05) is 29.3 Å². The van der Waals surface area contributed by atoms with Gasteiger partial charge in [-0.25, -0.2) is 10.2 Å². The molecule has 82 valence electrons. The molecule has 0 bridgehead atoms. The lowest BCUT2D eigenvalue weighted by atomic mass is 10.2. The Kier molecular flexibility index (Phi) is 6.08. The lowest BCUT2D eigenvalue weighted by Gasteiger charge is -1.99. The molecule has 0 heterocycles. The van der Waals surface area contributed by atoms with Gasteiger partial charge in [0.15, 0.2) is 0 Å². The molecule has 2 amide bonds. The van der Waals surface area contributed by atoms with Crippen molar-refractivity contribution in [3.63, 3.8) is 0 Å². The predicted molar refractivity (Wildman–Crippen MR) is 64.0 cm³/mol. The van der Waals surface area contributed by atoms with Gasteiger partial charge < -0.3 is 5.73 Å². The zero-order valence-corrected chi connectivity index (χ0v) is 9.73. The minimum atomic E-state index is -0.746. The molecule has 0 aliphatic rings. The Bertz CT molecular complexity index is 361. The number of nitrogens with one attached hydrogen (secondary N) is 1. The number of hydrazone groups is 1. The second-order valence-corrected chi connectivity index (χ2v) is 3.18. The van der Waals surface area contributed by atoms with Crippen LogP contribution in [0.5, 0.6) is 0 Å². The van der Waals surface area contributed by atoms with Crippen molar-refractivity contribution in [2.75, 3.05) is 0 Å². The monoisotopic (exact) mass is 267 g/mol. The number of hydrogen-bond donors (Lipinski definition) is 2. The van der Waals surface area contributed by atoms with E-state index in [4.69, 9.17) is 28.9 Å². The second kappa shape index (κ2) is 6.50. The van der Waals surface area contributed by atoms with Gasteiger partial charge in [-0.05, 0) is 12.1 Å². The van der Waals surface area contributed by atoms with Crippen LogP contribution in [0.15, 0.2) is 23.3 Å². The van der Waals surface area contributed by atoms with E-state index >= 15 is 0 Å². The summed E-state index contributed by atoms with van der Waals surface area (Å²) in [6, 6.07) is 4.30. The number of carbonyl (C=O) groups excluding carboxylic acids is 1. The van der Waals surface area contributed by atoms with E-state index in [0.717, 1.165) is 0 Å². The van der Waals surface area contributed by atoms with Crippen LogP contribution in [-0.4, -0.2) is 12.2 Å². The molecule has 4 nitrogen and oxygen atoms in total. The number of nitrogens with two attached hydrogens (primary N) is 1. The smallest absolute Gasteiger partial charge is 0.332 e. The minimum absolute atomic E-state index is 0. The molecular formula is C8H8Cl3N3O. The standard InChI is InChI=1S/C8H7Cl2N3O.ClH/c9-6-2-1-3-7(10)5(6)4-12-13-8(11)14;/h1-4H,(H3,11,13,14);1H/b12-4+;. The van der Waals surface area contributed by atoms with E-state index in [0.29, 0.717) is 15.6 Å². The Morgan fingerprint density at radius 3 is 2.40 bits per heavy atom. The summed E-state index contributed by atoms with van der Waals surface area (Å²) < 4.78 is 0. The number of amides is 2. The normalized spacial score (nSPS) is 9.73. The van der Waals surface area contributed by atoms with Crippen molar-refractivity contribution >= 4 is 47.9 Å². The lowest BCUT2D eigenvalue weighted by molar-refractivity contribution is 0.249. The molecule has 0 aromatic heterocycles. The van der Waals surface area contributed by atoms with Crippen molar-refractivity contribution in [3.8, 4) is 0 Å². The maximum Gasteiger partial charge on any atom is 0.332 e. The van der Waals surface area contributed by atoms with Gasteiger partial charge in [0.25, 0.3) is 0 Å². The number of carbonyl (C=O) groups is 1. The zero-order chi connectivity index (χ0) is 10.6. The summed E-state index contributed by atoms with van der Waals surface area (Å²) in [7, 11) is 0. The fourth-order valence-electron chi connectivity index (χ4n) is 0.794. The molecule has 0 atom stereocenters. The van der Waals surface area contributed by atoms with Gasteiger partial charge >= 0.3 is 6.03 Å². The van der Waals surface area contributed by atoms with Crippen LogP contribution < -0.4 is 11.2 Å². The van der Waals surface area contributed by atoms with Crippen molar-refractivity contribution in [1.29, 1.82) is 0 Å². The van der Waals surface area contributed by atoms with Crippen molar-refractivity contribution in [2.24, 2.45) is 10.8 Å². The summed E-state index contributed by atoms with van der Waals surface area (Å²) in [4.78, 5) is 10.3. The number of primary amides is 1. The molecule has 15 heavy (non-hydrogen) atoms. The summed E-state index contributed by atoms with van der Waals surface area (Å²) >= 11 is 11.7. The fraction of sp³-hybridized carbons (Fsp3) is 0. The third kappa shape index (κ3) is 4.38. The third-order valence-electron chi connectivity index (χ3n) is 1.37. The summed E-state index contributed by atoms with van der Waals surface area (Å²) in [5.41, 5.74) is 7.37. The maximum atomic E-state index is 10.3. The largest absolute Gasteiger partial charge is 0.350 e. The summed E-state index contributed by atoms with van der Waals surface area (Å²) in [5, 5.41) is 4.45. The molecule has 0 unspecified atom stereocenters. The van der Waals surface area contributed by atoms with Gasteiger partial charge in [0, 0.05) is 5.56 Å². The van der Waals surface area contributed by atoms with Crippen LogP contribution in [0.4, 0.5) is 4.79 Å². The van der Waals surface area contributed by atoms with Crippen molar-refractivity contribution in [1.82, 2.24) is 5.43 Å². The van der Waals surface area contributed by atoms with Crippen LogP contribution in [0.3, 0.4) is 0 Å². The Morgan fingerprint density at radius 2 is 1.93 bits per heavy atom. The molecule has 0 aliphatic heterocycles. The quantitative estimate of drug-likeness (QED) is 0.628.